The molecule has 14 heteroatoms. The molecule has 13 nitrogen and oxygen atoms in total. The predicted molar refractivity (Wildman–Crippen MR) is 170 cm³/mol. The van der Waals surface area contributed by atoms with E-state index in [9.17, 15) is 48.1 Å². The van der Waals surface area contributed by atoms with Gasteiger partial charge in [0, 0.05) is 12.3 Å². The van der Waals surface area contributed by atoms with Gasteiger partial charge < -0.3 is 35.0 Å². The van der Waals surface area contributed by atoms with E-state index >= 15 is 0 Å². The highest BCUT2D eigenvalue weighted by Gasteiger charge is 2.63. The van der Waals surface area contributed by atoms with Crippen molar-refractivity contribution in [2.45, 2.75) is 141 Å². The Labute approximate surface area is 283 Å². The maximum absolute atomic E-state index is 13.1. The van der Waals surface area contributed by atoms with Crippen molar-refractivity contribution in [3.63, 3.8) is 0 Å². The second-order valence-corrected chi connectivity index (χ2v) is 17.4. The molecule has 1 aliphatic heterocycles. The van der Waals surface area contributed by atoms with Crippen LogP contribution in [-0.4, -0.2) is 98.8 Å². The van der Waals surface area contributed by atoms with Crippen LogP contribution in [0.15, 0.2) is 11.6 Å². The van der Waals surface area contributed by atoms with E-state index in [-0.39, 0.29) is 53.6 Å². The van der Waals surface area contributed by atoms with Gasteiger partial charge >= 0.3 is 16.4 Å². The Kier molecular flexibility index (Phi) is 10.4. The van der Waals surface area contributed by atoms with E-state index in [2.05, 4.69) is 19.9 Å². The Balaban J connectivity index is 1.40. The molecule has 5 rings (SSSR count). The molecule has 15 unspecified atom stereocenters. The molecule has 48 heavy (non-hydrogen) atoms. The summed E-state index contributed by atoms with van der Waals surface area (Å²) in [6.07, 6.45) is -4.35. The first kappa shape index (κ1) is 37.8. The summed E-state index contributed by atoms with van der Waals surface area (Å²) in [6.45, 7) is 11.9. The van der Waals surface area contributed by atoms with Gasteiger partial charge in [-0.2, -0.15) is 8.42 Å². The van der Waals surface area contributed by atoms with Crippen LogP contribution in [0.2, 0.25) is 0 Å². The van der Waals surface area contributed by atoms with Crippen molar-refractivity contribution in [1.29, 1.82) is 0 Å². The van der Waals surface area contributed by atoms with Gasteiger partial charge in [0.2, 0.25) is 0 Å². The van der Waals surface area contributed by atoms with Crippen LogP contribution >= 0.6 is 0 Å². The molecular weight excluding hydrogens is 648 g/mol. The van der Waals surface area contributed by atoms with Gasteiger partial charge in [-0.25, -0.2) is 8.98 Å². The summed E-state index contributed by atoms with van der Waals surface area (Å²) in [5, 5.41) is 52.1. The molecular formula is C34H54O13S. The first-order valence-electron chi connectivity index (χ1n) is 17.3. The second-order valence-electron chi connectivity index (χ2n) is 16.3. The molecule has 1 heterocycles. The van der Waals surface area contributed by atoms with E-state index in [4.69, 9.17) is 13.7 Å². The van der Waals surface area contributed by atoms with Crippen molar-refractivity contribution in [2.75, 3.05) is 0 Å². The standard InChI is InChI=1S/C34H54O13S/c1-16(2)17(3)23(35)15-34(6,41)25-8-7-20-19-14-24(47-48(42,43)44)22-13-18(9-11-32(22,4)21(19)10-12-33(20,25)5)45-31-28(38)26(36)27(37)29(46-31)30(39)40/h10,16-20,22,24-29,31,36-38,41H,7-9,11-15H2,1-6H3,(H,39,40)(H,42,43,44). The zero-order valence-electron chi connectivity index (χ0n) is 28.7. The third-order valence-corrected chi connectivity index (χ3v) is 13.6. The normalized spacial score (nSPS) is 44.9. The number of ether oxygens (including phenoxy) is 2. The fourth-order valence-electron chi connectivity index (χ4n) is 10.3. The van der Waals surface area contributed by atoms with Gasteiger partial charge in [0.1, 0.15) is 24.1 Å². The molecule has 4 aliphatic carbocycles. The molecule has 0 amide bonds. The highest BCUT2D eigenvalue weighted by Crippen LogP contribution is 2.67. The number of Topliss-reactive ketones (excluding diaryl/α,β-unsaturated/α-hetero) is 1. The lowest BCUT2D eigenvalue weighted by Crippen LogP contribution is -2.61. The number of aliphatic hydroxyl groups is 4. The van der Waals surface area contributed by atoms with Gasteiger partial charge in [0.15, 0.2) is 12.4 Å². The van der Waals surface area contributed by atoms with Crippen molar-refractivity contribution in [1.82, 2.24) is 0 Å². The SMILES string of the molecule is CC(C)C(C)C(=O)CC(C)(O)C1CCC2C3CC(OS(=O)(=O)O)C4CC(OC5OC(C(=O)O)C(O)C(O)C5O)CCC4(C)C3=CCC21C. The van der Waals surface area contributed by atoms with Gasteiger partial charge in [0.05, 0.1) is 17.8 Å². The van der Waals surface area contributed by atoms with E-state index in [1.54, 1.807) is 6.92 Å². The number of allylic oxidation sites excluding steroid dienone is 2. The van der Waals surface area contributed by atoms with Crippen LogP contribution in [-0.2, 0) is 33.6 Å². The predicted octanol–water partition coefficient (Wildman–Crippen LogP) is 2.64. The highest BCUT2D eigenvalue weighted by atomic mass is 32.3. The minimum absolute atomic E-state index is 0.0398. The van der Waals surface area contributed by atoms with Crippen LogP contribution in [0.5, 0.6) is 0 Å². The van der Waals surface area contributed by atoms with E-state index in [0.717, 1.165) is 12.8 Å². The first-order chi connectivity index (χ1) is 22.1. The quantitative estimate of drug-likeness (QED) is 0.110. The highest BCUT2D eigenvalue weighted by molar-refractivity contribution is 7.80. The molecule has 0 radical (unpaired) electrons. The molecule has 0 aromatic rings. The van der Waals surface area contributed by atoms with Crippen molar-refractivity contribution in [3.05, 3.63) is 11.6 Å². The van der Waals surface area contributed by atoms with Crippen molar-refractivity contribution >= 4 is 22.2 Å². The number of ketones is 1. The van der Waals surface area contributed by atoms with Gasteiger partial charge in [-0.1, -0.05) is 46.3 Å². The topological polar surface area (TPSA) is 217 Å². The van der Waals surface area contributed by atoms with Crippen LogP contribution in [0.1, 0.15) is 92.9 Å². The summed E-state index contributed by atoms with van der Waals surface area (Å²) < 4.78 is 51.0. The summed E-state index contributed by atoms with van der Waals surface area (Å²) in [7, 11) is -4.85. The molecule has 0 bridgehead atoms. The molecule has 0 aromatic heterocycles. The van der Waals surface area contributed by atoms with E-state index in [1.807, 2.05) is 20.8 Å². The number of fused-ring (bicyclic) bond motifs is 5. The maximum atomic E-state index is 13.1. The van der Waals surface area contributed by atoms with Crippen molar-refractivity contribution in [3.8, 4) is 0 Å². The molecule has 0 aromatic carbocycles. The van der Waals surface area contributed by atoms with E-state index in [1.165, 1.54) is 5.57 Å². The Hall–Kier alpha value is -1.49. The molecule has 274 valence electrons. The molecule has 3 saturated carbocycles. The van der Waals surface area contributed by atoms with Crippen molar-refractivity contribution < 1.29 is 61.7 Å². The smallest absolute Gasteiger partial charge is 0.397 e. The number of carbonyl (C=O) groups is 2. The maximum Gasteiger partial charge on any atom is 0.397 e. The Morgan fingerprint density at radius 1 is 1.04 bits per heavy atom. The molecule has 4 fully saturated rings. The fraction of sp³-hybridized carbons (Fsp3) is 0.882. The summed E-state index contributed by atoms with van der Waals surface area (Å²) in [5.41, 5.74) is -0.933. The number of carbonyl (C=O) groups excluding carboxylic acids is 1. The third-order valence-electron chi connectivity index (χ3n) is 13.1. The lowest BCUT2D eigenvalue weighted by molar-refractivity contribution is -0.309. The molecule has 1 saturated heterocycles. The Morgan fingerprint density at radius 2 is 1.71 bits per heavy atom. The Bertz CT molecular complexity index is 1380. The van der Waals surface area contributed by atoms with Crippen LogP contribution in [0.4, 0.5) is 0 Å². The number of hydrogen-bond donors (Lipinski definition) is 6. The molecule has 6 N–H and O–H groups in total. The van der Waals surface area contributed by atoms with Crippen LogP contribution < -0.4 is 0 Å². The monoisotopic (exact) mass is 702 g/mol. The minimum atomic E-state index is -4.85. The zero-order valence-corrected chi connectivity index (χ0v) is 29.5. The second kappa shape index (κ2) is 13.2. The number of aliphatic hydroxyl groups excluding tert-OH is 3. The third kappa shape index (κ3) is 6.78. The lowest BCUT2D eigenvalue weighted by Gasteiger charge is -2.59. The first-order valence-corrected chi connectivity index (χ1v) is 18.7. The number of aliphatic carboxylic acids is 1. The van der Waals surface area contributed by atoms with E-state index in [0.29, 0.717) is 25.7 Å². The van der Waals surface area contributed by atoms with Crippen molar-refractivity contribution in [2.24, 2.45) is 46.3 Å². The zero-order chi connectivity index (χ0) is 35.7. The minimum Gasteiger partial charge on any atom is -0.479 e. The number of carboxylic acids is 1. The summed E-state index contributed by atoms with van der Waals surface area (Å²) >= 11 is 0. The average molecular weight is 703 g/mol. The van der Waals surface area contributed by atoms with Crippen LogP contribution in [0.25, 0.3) is 0 Å². The summed E-state index contributed by atoms with van der Waals surface area (Å²) in [5.74, 6) is -2.11. The van der Waals surface area contributed by atoms with Gasteiger partial charge in [-0.3, -0.25) is 9.35 Å². The van der Waals surface area contributed by atoms with Gasteiger partial charge in [-0.05, 0) is 92.3 Å². The van der Waals surface area contributed by atoms with Crippen LogP contribution in [0, 0.1) is 46.3 Å². The van der Waals surface area contributed by atoms with Crippen LogP contribution in [0.3, 0.4) is 0 Å². The van der Waals surface area contributed by atoms with E-state index < -0.39 is 76.2 Å². The summed E-state index contributed by atoms with van der Waals surface area (Å²) in [6, 6.07) is 0. The fourth-order valence-corrected chi connectivity index (χ4v) is 10.8. The Morgan fingerprint density at radius 3 is 2.31 bits per heavy atom. The number of rotatable bonds is 10. The molecule has 0 spiro atoms. The summed E-state index contributed by atoms with van der Waals surface area (Å²) in [4.78, 5) is 24.7. The number of carboxylic acid groups (broad SMARTS) is 1. The average Bonchev–Trinajstić information content (AvgIpc) is 3.34. The molecule has 15 atom stereocenters. The lowest BCUT2D eigenvalue weighted by atomic mass is 9.47. The van der Waals surface area contributed by atoms with Gasteiger partial charge in [0.25, 0.3) is 0 Å². The number of hydrogen-bond acceptors (Lipinski definition) is 11. The largest absolute Gasteiger partial charge is 0.479 e. The van der Waals surface area contributed by atoms with Gasteiger partial charge in [-0.15, -0.1) is 0 Å². The molecule has 5 aliphatic rings.